The lowest BCUT2D eigenvalue weighted by Gasteiger charge is -2.28. The van der Waals surface area contributed by atoms with Gasteiger partial charge in [0.25, 0.3) is 5.91 Å². The van der Waals surface area contributed by atoms with Crippen LogP contribution in [0.15, 0.2) is 18.2 Å². The molecule has 1 amide bonds. The lowest BCUT2D eigenvalue weighted by molar-refractivity contribution is 0.0730. The topological polar surface area (TPSA) is 50.8 Å². The zero-order chi connectivity index (χ0) is 15.1. The van der Waals surface area contributed by atoms with Crippen LogP contribution >= 0.6 is 0 Å². The van der Waals surface area contributed by atoms with E-state index < -0.39 is 0 Å². The van der Waals surface area contributed by atoms with Crippen molar-refractivity contribution in [3.8, 4) is 11.5 Å². The highest BCUT2D eigenvalue weighted by molar-refractivity contribution is 5.97. The van der Waals surface area contributed by atoms with Gasteiger partial charge >= 0.3 is 0 Å². The summed E-state index contributed by atoms with van der Waals surface area (Å²) in [6, 6.07) is 5.48. The van der Waals surface area contributed by atoms with Crippen molar-refractivity contribution in [3.63, 3.8) is 0 Å². The molecule has 1 saturated heterocycles. The molecule has 21 heavy (non-hydrogen) atoms. The first-order valence-electron chi connectivity index (χ1n) is 7.57. The SMILES string of the molecule is CCCCOc1c(OC)cccc1C(=O)N1CCNCC1. The van der Waals surface area contributed by atoms with E-state index in [9.17, 15) is 4.79 Å². The van der Waals surface area contributed by atoms with Gasteiger partial charge in [-0.3, -0.25) is 4.79 Å². The molecule has 0 atom stereocenters. The predicted octanol–water partition coefficient (Wildman–Crippen LogP) is 1.92. The van der Waals surface area contributed by atoms with E-state index in [1.165, 1.54) is 0 Å². The number of benzene rings is 1. The average molecular weight is 292 g/mol. The molecule has 0 aromatic heterocycles. The van der Waals surface area contributed by atoms with Crippen LogP contribution in [0.3, 0.4) is 0 Å². The second-order valence-corrected chi connectivity index (χ2v) is 5.08. The second kappa shape index (κ2) is 7.88. The summed E-state index contributed by atoms with van der Waals surface area (Å²) in [5, 5.41) is 3.25. The second-order valence-electron chi connectivity index (χ2n) is 5.08. The van der Waals surface area contributed by atoms with Crippen molar-refractivity contribution in [2.24, 2.45) is 0 Å². The normalized spacial score (nSPS) is 14.9. The van der Waals surface area contributed by atoms with Crippen LogP contribution in [0.25, 0.3) is 0 Å². The van der Waals surface area contributed by atoms with Gasteiger partial charge in [-0.2, -0.15) is 0 Å². The summed E-state index contributed by atoms with van der Waals surface area (Å²) in [6.45, 7) is 5.83. The van der Waals surface area contributed by atoms with E-state index in [1.807, 2.05) is 23.1 Å². The maximum Gasteiger partial charge on any atom is 0.257 e. The summed E-state index contributed by atoms with van der Waals surface area (Å²) >= 11 is 0. The van der Waals surface area contributed by atoms with E-state index in [4.69, 9.17) is 9.47 Å². The number of para-hydroxylation sites is 1. The molecular formula is C16H24N2O3. The third kappa shape index (κ3) is 3.88. The van der Waals surface area contributed by atoms with Crippen LogP contribution in [0.5, 0.6) is 11.5 Å². The molecule has 1 aromatic rings. The summed E-state index contributed by atoms with van der Waals surface area (Å²) in [4.78, 5) is 14.5. The zero-order valence-electron chi connectivity index (χ0n) is 12.9. The minimum absolute atomic E-state index is 0.0156. The van der Waals surface area contributed by atoms with Crippen molar-refractivity contribution in [1.82, 2.24) is 10.2 Å². The van der Waals surface area contributed by atoms with E-state index >= 15 is 0 Å². The van der Waals surface area contributed by atoms with Crippen LogP contribution in [-0.4, -0.2) is 50.7 Å². The van der Waals surface area contributed by atoms with Gasteiger partial charge in [0.05, 0.1) is 19.3 Å². The summed E-state index contributed by atoms with van der Waals surface area (Å²) in [7, 11) is 1.60. The van der Waals surface area contributed by atoms with Gasteiger partial charge in [0.1, 0.15) is 0 Å². The molecule has 0 unspecified atom stereocenters. The minimum Gasteiger partial charge on any atom is -0.493 e. The van der Waals surface area contributed by atoms with Crippen LogP contribution in [0.2, 0.25) is 0 Å². The quantitative estimate of drug-likeness (QED) is 0.814. The smallest absolute Gasteiger partial charge is 0.257 e. The van der Waals surface area contributed by atoms with E-state index in [-0.39, 0.29) is 5.91 Å². The maximum atomic E-state index is 12.7. The Morgan fingerprint density at radius 1 is 1.33 bits per heavy atom. The van der Waals surface area contributed by atoms with Gasteiger partial charge in [-0.05, 0) is 18.6 Å². The Morgan fingerprint density at radius 3 is 2.76 bits per heavy atom. The number of nitrogens with zero attached hydrogens (tertiary/aromatic N) is 1. The summed E-state index contributed by atoms with van der Waals surface area (Å²) in [5.74, 6) is 1.20. The molecule has 0 spiro atoms. The number of piperazine rings is 1. The number of unbranched alkanes of at least 4 members (excludes halogenated alkanes) is 1. The lowest BCUT2D eigenvalue weighted by Crippen LogP contribution is -2.46. The van der Waals surface area contributed by atoms with Crippen LogP contribution in [0, 0.1) is 0 Å². The van der Waals surface area contributed by atoms with Gasteiger partial charge in [0.2, 0.25) is 0 Å². The number of carbonyl (C=O) groups excluding carboxylic acids is 1. The highest BCUT2D eigenvalue weighted by atomic mass is 16.5. The lowest BCUT2D eigenvalue weighted by atomic mass is 10.1. The molecule has 5 nitrogen and oxygen atoms in total. The van der Waals surface area contributed by atoms with Crippen molar-refractivity contribution < 1.29 is 14.3 Å². The molecule has 1 N–H and O–H groups in total. The van der Waals surface area contributed by atoms with Gasteiger partial charge in [0.15, 0.2) is 11.5 Å². The fraction of sp³-hybridized carbons (Fsp3) is 0.562. The Kier molecular flexibility index (Phi) is 5.87. The van der Waals surface area contributed by atoms with Gasteiger partial charge in [-0.1, -0.05) is 19.4 Å². The Balaban J connectivity index is 2.21. The van der Waals surface area contributed by atoms with Crippen LogP contribution < -0.4 is 14.8 Å². The standard InChI is InChI=1S/C16H24N2O3/c1-3-4-12-21-15-13(6-5-7-14(15)20-2)16(19)18-10-8-17-9-11-18/h5-7,17H,3-4,8-12H2,1-2H3. The first-order valence-corrected chi connectivity index (χ1v) is 7.57. The Bertz CT molecular complexity index is 471. The highest BCUT2D eigenvalue weighted by Gasteiger charge is 2.23. The molecule has 0 radical (unpaired) electrons. The zero-order valence-corrected chi connectivity index (χ0v) is 12.9. The van der Waals surface area contributed by atoms with Crippen molar-refractivity contribution in [2.45, 2.75) is 19.8 Å². The van der Waals surface area contributed by atoms with Crippen molar-refractivity contribution >= 4 is 5.91 Å². The fourth-order valence-electron chi connectivity index (χ4n) is 2.35. The monoisotopic (exact) mass is 292 g/mol. The van der Waals surface area contributed by atoms with E-state index in [0.29, 0.717) is 23.7 Å². The maximum absolute atomic E-state index is 12.7. The molecule has 2 rings (SSSR count). The van der Waals surface area contributed by atoms with E-state index in [0.717, 1.165) is 39.0 Å². The number of hydrogen-bond acceptors (Lipinski definition) is 4. The molecule has 1 heterocycles. The number of carbonyl (C=O) groups is 1. The first kappa shape index (κ1) is 15.6. The average Bonchev–Trinajstić information content (AvgIpc) is 2.55. The molecule has 1 aliphatic heterocycles. The van der Waals surface area contributed by atoms with Gasteiger partial charge in [-0.25, -0.2) is 0 Å². The molecule has 0 bridgehead atoms. The number of rotatable bonds is 6. The third-order valence-corrected chi connectivity index (χ3v) is 3.58. The molecule has 0 aliphatic carbocycles. The summed E-state index contributed by atoms with van der Waals surface area (Å²) in [5.41, 5.74) is 0.590. The Labute approximate surface area is 126 Å². The summed E-state index contributed by atoms with van der Waals surface area (Å²) in [6.07, 6.45) is 2.01. The third-order valence-electron chi connectivity index (χ3n) is 3.58. The number of ether oxygens (including phenoxy) is 2. The first-order chi connectivity index (χ1) is 10.3. The Morgan fingerprint density at radius 2 is 2.10 bits per heavy atom. The predicted molar refractivity (Wildman–Crippen MR) is 82.2 cm³/mol. The van der Waals surface area contributed by atoms with Gasteiger partial charge in [0, 0.05) is 26.2 Å². The largest absolute Gasteiger partial charge is 0.493 e. The minimum atomic E-state index is 0.0156. The van der Waals surface area contributed by atoms with Crippen molar-refractivity contribution in [1.29, 1.82) is 0 Å². The van der Waals surface area contributed by atoms with E-state index in [1.54, 1.807) is 7.11 Å². The number of nitrogens with one attached hydrogen (secondary N) is 1. The molecule has 5 heteroatoms. The van der Waals surface area contributed by atoms with E-state index in [2.05, 4.69) is 12.2 Å². The van der Waals surface area contributed by atoms with Crippen LogP contribution in [0.1, 0.15) is 30.1 Å². The molecule has 116 valence electrons. The van der Waals surface area contributed by atoms with Crippen LogP contribution in [-0.2, 0) is 0 Å². The molecule has 1 fully saturated rings. The molecule has 1 aromatic carbocycles. The Hall–Kier alpha value is -1.75. The molecule has 1 aliphatic rings. The highest BCUT2D eigenvalue weighted by Crippen LogP contribution is 2.32. The van der Waals surface area contributed by atoms with Gasteiger partial charge in [-0.15, -0.1) is 0 Å². The molecule has 0 saturated carbocycles. The number of hydrogen-bond donors (Lipinski definition) is 1. The van der Waals surface area contributed by atoms with Crippen molar-refractivity contribution in [2.75, 3.05) is 39.9 Å². The number of amides is 1. The van der Waals surface area contributed by atoms with Crippen LogP contribution in [0.4, 0.5) is 0 Å². The number of methoxy groups -OCH3 is 1. The van der Waals surface area contributed by atoms with Gasteiger partial charge < -0.3 is 19.7 Å². The van der Waals surface area contributed by atoms with Crippen molar-refractivity contribution in [3.05, 3.63) is 23.8 Å². The summed E-state index contributed by atoms with van der Waals surface area (Å²) < 4.78 is 11.2. The molecular weight excluding hydrogens is 268 g/mol. The fourth-order valence-corrected chi connectivity index (χ4v) is 2.35.